The third-order valence-electron chi connectivity index (χ3n) is 5.58. The molecule has 1 amide bonds. The number of carbonyl (C=O) groups excluding carboxylic acids is 1. The van der Waals surface area contributed by atoms with Gasteiger partial charge in [0, 0.05) is 30.4 Å². The van der Waals surface area contributed by atoms with Crippen molar-refractivity contribution in [3.05, 3.63) is 53.2 Å². The van der Waals surface area contributed by atoms with Crippen LogP contribution in [0.2, 0.25) is 0 Å². The van der Waals surface area contributed by atoms with Crippen LogP contribution in [0.4, 0.5) is 5.69 Å². The summed E-state index contributed by atoms with van der Waals surface area (Å²) >= 11 is 1.41. The van der Waals surface area contributed by atoms with Gasteiger partial charge < -0.3 is 5.32 Å². The number of carbonyl (C=O) groups is 1. The molecule has 8 heteroatoms. The predicted molar refractivity (Wildman–Crippen MR) is 120 cm³/mol. The summed E-state index contributed by atoms with van der Waals surface area (Å²) in [6.45, 7) is 6.25. The number of sulfonamides is 1. The Morgan fingerprint density at radius 2 is 1.90 bits per heavy atom. The molecule has 0 aliphatic carbocycles. The normalized spacial score (nSPS) is 17.9. The number of aromatic nitrogens is 1. The SMILES string of the molecule is Cc1cc(C)c(S(=O)(=O)N2CCC[C@H](C(=O)Nc3ccc4sncc4c3)C2)c(C)c1. The monoisotopic (exact) mass is 443 g/mol. The molecule has 3 aromatic rings. The first-order chi connectivity index (χ1) is 14.3. The van der Waals surface area contributed by atoms with Crippen LogP contribution in [0.25, 0.3) is 10.1 Å². The summed E-state index contributed by atoms with van der Waals surface area (Å²) in [5.41, 5.74) is 3.24. The molecule has 0 radical (unpaired) electrons. The second-order valence-electron chi connectivity index (χ2n) is 8.00. The number of hydrogen-bond acceptors (Lipinski definition) is 5. The molecule has 6 nitrogen and oxygen atoms in total. The Morgan fingerprint density at radius 1 is 1.17 bits per heavy atom. The fourth-order valence-corrected chi connectivity index (χ4v) is 6.83. The van der Waals surface area contributed by atoms with Gasteiger partial charge >= 0.3 is 0 Å². The summed E-state index contributed by atoms with van der Waals surface area (Å²) in [6.07, 6.45) is 3.11. The lowest BCUT2D eigenvalue weighted by Gasteiger charge is -2.32. The highest BCUT2D eigenvalue weighted by Gasteiger charge is 2.34. The Kier molecular flexibility index (Phi) is 5.65. The number of fused-ring (bicyclic) bond motifs is 1. The Labute approximate surface area is 181 Å². The second-order valence-corrected chi connectivity index (χ2v) is 10.7. The third-order valence-corrected chi connectivity index (χ3v) is 8.53. The fraction of sp³-hybridized carbons (Fsp3) is 0.364. The molecule has 0 saturated carbocycles. The zero-order chi connectivity index (χ0) is 21.5. The number of piperidine rings is 1. The quantitative estimate of drug-likeness (QED) is 0.653. The van der Waals surface area contributed by atoms with Crippen LogP contribution in [0, 0.1) is 26.7 Å². The largest absolute Gasteiger partial charge is 0.326 e. The van der Waals surface area contributed by atoms with E-state index in [-0.39, 0.29) is 18.4 Å². The molecule has 2 aromatic carbocycles. The minimum atomic E-state index is -3.65. The van der Waals surface area contributed by atoms with Crippen molar-refractivity contribution in [2.75, 3.05) is 18.4 Å². The Hall–Kier alpha value is -2.29. The highest BCUT2D eigenvalue weighted by molar-refractivity contribution is 7.89. The minimum absolute atomic E-state index is 0.144. The van der Waals surface area contributed by atoms with Crippen molar-refractivity contribution < 1.29 is 13.2 Å². The maximum atomic E-state index is 13.4. The zero-order valence-corrected chi connectivity index (χ0v) is 18.9. The van der Waals surface area contributed by atoms with E-state index in [1.54, 1.807) is 6.20 Å². The molecule has 1 aromatic heterocycles. The van der Waals surface area contributed by atoms with Crippen LogP contribution in [0.1, 0.15) is 29.5 Å². The number of anilines is 1. The molecule has 30 heavy (non-hydrogen) atoms. The predicted octanol–water partition coefficient (Wildman–Crippen LogP) is 4.26. The lowest BCUT2D eigenvalue weighted by atomic mass is 9.98. The maximum Gasteiger partial charge on any atom is 0.243 e. The van der Waals surface area contributed by atoms with Crippen LogP contribution in [-0.2, 0) is 14.8 Å². The van der Waals surface area contributed by atoms with Gasteiger partial charge in [0.1, 0.15) is 0 Å². The Bertz CT molecular complexity index is 1190. The summed E-state index contributed by atoms with van der Waals surface area (Å²) in [7, 11) is -3.65. The molecule has 4 rings (SSSR count). The van der Waals surface area contributed by atoms with E-state index in [1.165, 1.54) is 15.8 Å². The highest BCUT2D eigenvalue weighted by atomic mass is 32.2. The Morgan fingerprint density at radius 3 is 2.63 bits per heavy atom. The average molecular weight is 444 g/mol. The van der Waals surface area contributed by atoms with Gasteiger partial charge in [-0.25, -0.2) is 8.42 Å². The topological polar surface area (TPSA) is 79.4 Å². The van der Waals surface area contributed by atoms with Crippen LogP contribution in [0.15, 0.2) is 41.4 Å². The smallest absolute Gasteiger partial charge is 0.243 e. The number of nitrogens with one attached hydrogen (secondary N) is 1. The van der Waals surface area contributed by atoms with Gasteiger partial charge in [0.15, 0.2) is 0 Å². The van der Waals surface area contributed by atoms with E-state index in [0.717, 1.165) is 26.8 Å². The van der Waals surface area contributed by atoms with Crippen LogP contribution in [0.3, 0.4) is 0 Å². The Balaban J connectivity index is 1.53. The van der Waals surface area contributed by atoms with Crippen LogP contribution >= 0.6 is 11.5 Å². The minimum Gasteiger partial charge on any atom is -0.326 e. The van der Waals surface area contributed by atoms with Crippen molar-refractivity contribution in [2.45, 2.75) is 38.5 Å². The van der Waals surface area contributed by atoms with E-state index in [1.807, 2.05) is 51.1 Å². The molecular formula is C22H25N3O3S2. The number of nitrogens with zero attached hydrogens (tertiary/aromatic N) is 2. The molecule has 1 saturated heterocycles. The third kappa shape index (κ3) is 3.99. The summed E-state index contributed by atoms with van der Waals surface area (Å²) in [4.78, 5) is 13.2. The first-order valence-corrected chi connectivity index (χ1v) is 12.2. The van der Waals surface area contributed by atoms with Crippen molar-refractivity contribution in [2.24, 2.45) is 5.92 Å². The molecule has 2 heterocycles. The second kappa shape index (κ2) is 8.09. The molecule has 1 N–H and O–H groups in total. The van der Waals surface area contributed by atoms with Crippen molar-refractivity contribution >= 4 is 43.2 Å². The first kappa shape index (κ1) is 21.0. The van der Waals surface area contributed by atoms with Gasteiger partial charge in [-0.1, -0.05) is 17.7 Å². The molecule has 1 aliphatic heterocycles. The molecule has 1 fully saturated rings. The van der Waals surface area contributed by atoms with E-state index < -0.39 is 10.0 Å². The van der Waals surface area contributed by atoms with Gasteiger partial charge in [0.2, 0.25) is 15.9 Å². The standard InChI is InChI=1S/C22H25N3O3S2/c1-14-9-15(2)21(16(3)10-14)30(27,28)25-8-4-5-17(13-25)22(26)24-19-6-7-20-18(11-19)12-23-29-20/h6-7,9-12,17H,4-5,8,13H2,1-3H3,(H,24,26)/t17-/m0/s1. The molecule has 0 bridgehead atoms. The van der Waals surface area contributed by atoms with Gasteiger partial charge in [0.05, 0.1) is 15.5 Å². The van der Waals surface area contributed by atoms with E-state index in [4.69, 9.17) is 0 Å². The van der Waals surface area contributed by atoms with Gasteiger partial charge in [-0.15, -0.1) is 0 Å². The van der Waals surface area contributed by atoms with Gasteiger partial charge in [-0.05, 0) is 74.5 Å². The average Bonchev–Trinajstić information content (AvgIpc) is 3.15. The highest BCUT2D eigenvalue weighted by Crippen LogP contribution is 2.29. The van der Waals surface area contributed by atoms with Crippen molar-refractivity contribution in [3.8, 4) is 0 Å². The molecule has 158 valence electrons. The number of benzene rings is 2. The summed E-state index contributed by atoms with van der Waals surface area (Å²) < 4.78 is 33.4. The van der Waals surface area contributed by atoms with Gasteiger partial charge in [0.25, 0.3) is 0 Å². The maximum absolute atomic E-state index is 13.4. The fourth-order valence-electron chi connectivity index (χ4n) is 4.27. The van der Waals surface area contributed by atoms with Crippen molar-refractivity contribution in [1.82, 2.24) is 8.68 Å². The van der Waals surface area contributed by atoms with Gasteiger partial charge in [-0.3, -0.25) is 4.79 Å². The lowest BCUT2D eigenvalue weighted by molar-refractivity contribution is -0.120. The van der Waals surface area contributed by atoms with E-state index >= 15 is 0 Å². The summed E-state index contributed by atoms with van der Waals surface area (Å²) in [6, 6.07) is 9.47. The van der Waals surface area contributed by atoms with E-state index in [2.05, 4.69) is 9.69 Å². The first-order valence-electron chi connectivity index (χ1n) is 9.99. The molecule has 0 unspecified atom stereocenters. The molecular weight excluding hydrogens is 418 g/mol. The zero-order valence-electron chi connectivity index (χ0n) is 17.3. The van der Waals surface area contributed by atoms with E-state index in [9.17, 15) is 13.2 Å². The molecule has 0 spiro atoms. The number of hydrogen-bond donors (Lipinski definition) is 1. The lowest BCUT2D eigenvalue weighted by Crippen LogP contribution is -2.44. The van der Waals surface area contributed by atoms with Crippen LogP contribution < -0.4 is 5.32 Å². The summed E-state index contributed by atoms with van der Waals surface area (Å²) in [5, 5.41) is 3.93. The molecule has 1 aliphatic rings. The number of rotatable bonds is 4. The number of amides is 1. The van der Waals surface area contributed by atoms with E-state index in [0.29, 0.717) is 30.0 Å². The molecule has 1 atom stereocenters. The van der Waals surface area contributed by atoms with Crippen molar-refractivity contribution in [3.63, 3.8) is 0 Å². The number of aryl methyl sites for hydroxylation is 3. The van der Waals surface area contributed by atoms with Crippen LogP contribution in [0.5, 0.6) is 0 Å². The van der Waals surface area contributed by atoms with Crippen LogP contribution in [-0.4, -0.2) is 36.1 Å². The summed E-state index contributed by atoms with van der Waals surface area (Å²) in [5.74, 6) is -0.523. The van der Waals surface area contributed by atoms with Crippen molar-refractivity contribution in [1.29, 1.82) is 0 Å². The van der Waals surface area contributed by atoms with Gasteiger partial charge in [-0.2, -0.15) is 8.68 Å².